The molecule has 0 bridgehead atoms. The van der Waals surface area contributed by atoms with Crippen molar-refractivity contribution in [3.8, 4) is 0 Å². The maximum atomic E-state index is 12.5. The molecular weight excluding hydrogens is 164 g/mol. The molecule has 1 aromatic carbocycles. The summed E-state index contributed by atoms with van der Waals surface area (Å²) >= 11 is 0. The molecule has 0 aliphatic rings. The van der Waals surface area contributed by atoms with Gasteiger partial charge in [0, 0.05) is 9.19 Å². The molecule has 0 amide bonds. The van der Waals surface area contributed by atoms with Crippen molar-refractivity contribution in [1.29, 1.82) is 0 Å². The van der Waals surface area contributed by atoms with Crippen LogP contribution in [-0.2, 0) is 6.54 Å². The number of azide groups is 1. The summed E-state index contributed by atoms with van der Waals surface area (Å²) < 4.78 is 24.8. The molecule has 0 aliphatic heterocycles. The van der Waals surface area contributed by atoms with Gasteiger partial charge in [-0.25, -0.2) is 8.78 Å². The van der Waals surface area contributed by atoms with E-state index in [-0.39, 0.29) is 10.8 Å². The zero-order valence-electron chi connectivity index (χ0n) is 6.04. The zero-order chi connectivity index (χ0) is 8.97. The standard InChI is InChI=1S/C7H5F2N3.3H2/c8-6-2-1-5(3-7(6)9)4-11-12-10;;;/h1-3H,4H2;3*1H. The summed E-state index contributed by atoms with van der Waals surface area (Å²) in [5.41, 5.74) is 8.39. The highest BCUT2D eigenvalue weighted by Gasteiger charge is 2.00. The average Bonchev–Trinajstić information content (AvgIpc) is 2.07. The molecule has 1 aromatic rings. The molecule has 0 unspecified atom stereocenters. The molecule has 3 nitrogen and oxygen atoms in total. The van der Waals surface area contributed by atoms with Crippen molar-refractivity contribution in [1.82, 2.24) is 0 Å². The Bertz CT molecular complexity index is 342. The van der Waals surface area contributed by atoms with Crippen LogP contribution in [0.2, 0.25) is 0 Å². The fourth-order valence-electron chi connectivity index (χ4n) is 0.751. The molecule has 5 heteroatoms. The molecule has 0 atom stereocenters. The minimum Gasteiger partial charge on any atom is -0.204 e. The van der Waals surface area contributed by atoms with Crippen LogP contribution in [0, 0.1) is 11.6 Å². The van der Waals surface area contributed by atoms with Crippen LogP contribution < -0.4 is 0 Å². The van der Waals surface area contributed by atoms with Gasteiger partial charge >= 0.3 is 0 Å². The van der Waals surface area contributed by atoms with E-state index in [1.165, 1.54) is 6.07 Å². The van der Waals surface area contributed by atoms with Gasteiger partial charge in [-0.15, -0.1) is 0 Å². The Morgan fingerprint density at radius 3 is 2.75 bits per heavy atom. The van der Waals surface area contributed by atoms with Crippen LogP contribution >= 0.6 is 0 Å². The van der Waals surface area contributed by atoms with Gasteiger partial charge in [0.05, 0.1) is 6.54 Å². The molecule has 0 N–H and O–H groups in total. The Balaban J connectivity index is -0.000000480. The number of rotatable bonds is 2. The van der Waals surface area contributed by atoms with Gasteiger partial charge < -0.3 is 0 Å². The number of benzene rings is 1. The van der Waals surface area contributed by atoms with Gasteiger partial charge in [-0.3, -0.25) is 0 Å². The quantitative estimate of drug-likeness (QED) is 0.375. The summed E-state index contributed by atoms with van der Waals surface area (Å²) in [6.45, 7) is 0.0354. The first-order valence-corrected chi connectivity index (χ1v) is 3.19. The van der Waals surface area contributed by atoms with Crippen molar-refractivity contribution in [3.05, 3.63) is 45.8 Å². The lowest BCUT2D eigenvalue weighted by molar-refractivity contribution is 0.507. The summed E-state index contributed by atoms with van der Waals surface area (Å²) in [6.07, 6.45) is 0. The first kappa shape index (κ1) is 8.49. The van der Waals surface area contributed by atoms with Crippen molar-refractivity contribution < 1.29 is 13.1 Å². The van der Waals surface area contributed by atoms with E-state index < -0.39 is 11.6 Å². The molecule has 1 rings (SSSR count). The summed E-state index contributed by atoms with van der Waals surface area (Å²) in [4.78, 5) is 2.49. The number of hydrogen-bond acceptors (Lipinski definition) is 1. The van der Waals surface area contributed by atoms with Gasteiger partial charge in [-0.05, 0) is 23.2 Å². The van der Waals surface area contributed by atoms with Crippen LogP contribution in [0.4, 0.5) is 8.78 Å². The van der Waals surface area contributed by atoms with Gasteiger partial charge in [0.15, 0.2) is 11.6 Å². The van der Waals surface area contributed by atoms with Crippen LogP contribution in [0.25, 0.3) is 10.4 Å². The van der Waals surface area contributed by atoms with Crippen LogP contribution in [0.5, 0.6) is 0 Å². The minimum atomic E-state index is -0.930. The summed E-state index contributed by atoms with van der Waals surface area (Å²) in [6, 6.07) is 3.37. The number of nitrogens with zero attached hydrogens (tertiary/aromatic N) is 3. The van der Waals surface area contributed by atoms with Gasteiger partial charge in [0.25, 0.3) is 0 Å². The largest absolute Gasteiger partial charge is 0.204 e. The van der Waals surface area contributed by atoms with Crippen molar-refractivity contribution in [2.75, 3.05) is 0 Å². The number of halogens is 2. The fourth-order valence-corrected chi connectivity index (χ4v) is 0.751. The van der Waals surface area contributed by atoms with E-state index in [2.05, 4.69) is 10.0 Å². The Morgan fingerprint density at radius 2 is 2.17 bits per heavy atom. The lowest BCUT2D eigenvalue weighted by atomic mass is 10.2. The molecule has 0 aliphatic carbocycles. The number of hydrogen-bond donors (Lipinski definition) is 0. The first-order valence-electron chi connectivity index (χ1n) is 3.19. The van der Waals surface area contributed by atoms with E-state index in [1.807, 2.05) is 0 Å². The third-order valence-electron chi connectivity index (χ3n) is 1.30. The van der Waals surface area contributed by atoms with E-state index in [0.717, 1.165) is 12.1 Å². The van der Waals surface area contributed by atoms with E-state index in [4.69, 9.17) is 5.53 Å². The fraction of sp³-hybridized carbons (Fsp3) is 0.143. The summed E-state index contributed by atoms with van der Waals surface area (Å²) in [7, 11) is 0. The maximum absolute atomic E-state index is 12.5. The first-order chi connectivity index (χ1) is 5.74. The molecule has 0 radical (unpaired) electrons. The molecule has 0 saturated carbocycles. The van der Waals surface area contributed by atoms with Crippen molar-refractivity contribution in [3.63, 3.8) is 0 Å². The Hall–Kier alpha value is -1.61. The summed E-state index contributed by atoms with van der Waals surface area (Å²) in [5, 5.41) is 3.20. The topological polar surface area (TPSA) is 48.8 Å². The SMILES string of the molecule is [HH].[HH].[HH].[N-]=[N+]=NCc1ccc(F)c(F)c1. The average molecular weight is 175 g/mol. The second-order valence-corrected chi connectivity index (χ2v) is 2.14. The second-order valence-electron chi connectivity index (χ2n) is 2.14. The minimum absolute atomic E-state index is 0. The maximum Gasteiger partial charge on any atom is 0.159 e. The lowest BCUT2D eigenvalue weighted by Gasteiger charge is -1.95. The zero-order valence-corrected chi connectivity index (χ0v) is 6.04. The molecule has 0 spiro atoms. The Labute approximate surface area is 71.7 Å². The normalized spacial score (nSPS) is 9.17. The Kier molecular flexibility index (Phi) is 2.61. The van der Waals surface area contributed by atoms with Crippen LogP contribution in [-0.4, -0.2) is 0 Å². The predicted molar refractivity (Wildman–Crippen MR) is 45.6 cm³/mol. The molecule has 0 aromatic heterocycles. The highest BCUT2D eigenvalue weighted by molar-refractivity contribution is 5.17. The molecule has 12 heavy (non-hydrogen) atoms. The van der Waals surface area contributed by atoms with Gasteiger partial charge in [0.2, 0.25) is 0 Å². The van der Waals surface area contributed by atoms with E-state index in [1.54, 1.807) is 0 Å². The molecular formula is C7H11F2N3. The predicted octanol–water partition coefficient (Wildman–Crippen LogP) is 3.51. The highest BCUT2D eigenvalue weighted by atomic mass is 19.2. The monoisotopic (exact) mass is 175 g/mol. The third-order valence-corrected chi connectivity index (χ3v) is 1.30. The van der Waals surface area contributed by atoms with E-state index in [0.29, 0.717) is 5.56 Å². The van der Waals surface area contributed by atoms with Crippen LogP contribution in [0.1, 0.15) is 9.84 Å². The smallest absolute Gasteiger partial charge is 0.159 e. The second kappa shape index (κ2) is 3.69. The van der Waals surface area contributed by atoms with Crippen molar-refractivity contribution in [2.45, 2.75) is 6.54 Å². The lowest BCUT2D eigenvalue weighted by Crippen LogP contribution is -1.86. The third kappa shape index (κ3) is 1.93. The Morgan fingerprint density at radius 1 is 1.42 bits per heavy atom. The molecule has 0 heterocycles. The molecule has 68 valence electrons. The molecule has 0 fully saturated rings. The molecule has 0 saturated heterocycles. The van der Waals surface area contributed by atoms with E-state index in [9.17, 15) is 8.78 Å². The van der Waals surface area contributed by atoms with Crippen LogP contribution in [0.15, 0.2) is 23.3 Å². The van der Waals surface area contributed by atoms with Crippen LogP contribution in [0.3, 0.4) is 0 Å². The van der Waals surface area contributed by atoms with Crippen molar-refractivity contribution >= 4 is 0 Å². The van der Waals surface area contributed by atoms with Gasteiger partial charge in [-0.1, -0.05) is 11.2 Å². The van der Waals surface area contributed by atoms with Gasteiger partial charge in [-0.2, -0.15) is 0 Å². The highest BCUT2D eigenvalue weighted by Crippen LogP contribution is 2.09. The van der Waals surface area contributed by atoms with Gasteiger partial charge in [0.1, 0.15) is 0 Å². The summed E-state index contributed by atoms with van der Waals surface area (Å²) in [5.74, 6) is -1.83. The van der Waals surface area contributed by atoms with E-state index >= 15 is 0 Å². The van der Waals surface area contributed by atoms with Crippen molar-refractivity contribution in [2.24, 2.45) is 5.11 Å².